The van der Waals surface area contributed by atoms with Gasteiger partial charge in [0.05, 0.1) is 12.1 Å². The second kappa shape index (κ2) is 5.66. The summed E-state index contributed by atoms with van der Waals surface area (Å²) in [7, 11) is 0. The van der Waals surface area contributed by atoms with Gasteiger partial charge in [-0.1, -0.05) is 18.2 Å². The van der Waals surface area contributed by atoms with Crippen LogP contribution in [0.2, 0.25) is 0 Å². The Morgan fingerprint density at radius 2 is 1.96 bits per heavy atom. The number of benzene rings is 1. The van der Waals surface area contributed by atoms with Crippen molar-refractivity contribution in [2.45, 2.75) is 19.3 Å². The van der Waals surface area contributed by atoms with Gasteiger partial charge in [-0.15, -0.1) is 0 Å². The average Bonchev–Trinajstić information content (AvgIpc) is 2.95. The van der Waals surface area contributed by atoms with Crippen LogP contribution in [0, 0.1) is 0 Å². The molecule has 0 bridgehead atoms. The van der Waals surface area contributed by atoms with E-state index in [-0.39, 0.29) is 36.6 Å². The zero-order chi connectivity index (χ0) is 17.5. The van der Waals surface area contributed by atoms with Gasteiger partial charge in [0.2, 0.25) is 0 Å². The van der Waals surface area contributed by atoms with Crippen LogP contribution < -0.4 is 0 Å². The van der Waals surface area contributed by atoms with Crippen molar-refractivity contribution in [2.24, 2.45) is 0 Å². The van der Waals surface area contributed by atoms with Gasteiger partial charge in [0.1, 0.15) is 5.69 Å². The summed E-state index contributed by atoms with van der Waals surface area (Å²) in [5, 5.41) is 12.7. The van der Waals surface area contributed by atoms with Crippen molar-refractivity contribution in [3.05, 3.63) is 52.8 Å². The molecule has 1 aliphatic heterocycles. The molecule has 9 heteroatoms. The Balaban J connectivity index is 1.88. The summed E-state index contributed by atoms with van der Waals surface area (Å²) in [6.07, 6.45) is -4.51. The van der Waals surface area contributed by atoms with Crippen molar-refractivity contribution in [1.82, 2.24) is 14.7 Å². The van der Waals surface area contributed by atoms with Crippen molar-refractivity contribution < 1.29 is 27.9 Å². The number of aromatic carboxylic acids is 1. The topological polar surface area (TPSA) is 75.4 Å². The van der Waals surface area contributed by atoms with Gasteiger partial charge in [0.15, 0.2) is 5.69 Å². The van der Waals surface area contributed by atoms with E-state index in [1.54, 1.807) is 0 Å². The number of alkyl halides is 3. The van der Waals surface area contributed by atoms with E-state index in [1.807, 2.05) is 0 Å². The molecular formula is C15H12F3N3O3. The van der Waals surface area contributed by atoms with Crippen LogP contribution in [-0.2, 0) is 19.3 Å². The van der Waals surface area contributed by atoms with Crippen molar-refractivity contribution in [2.75, 3.05) is 6.54 Å². The Hall–Kier alpha value is -2.84. The number of hydrogen-bond donors (Lipinski definition) is 1. The average molecular weight is 339 g/mol. The zero-order valence-electron chi connectivity index (χ0n) is 12.2. The number of carboxylic acid groups (broad SMARTS) is 1. The molecule has 1 aromatic heterocycles. The number of carboxylic acids is 1. The number of rotatable bonds is 3. The fraction of sp³-hybridized carbons (Fsp3) is 0.267. The highest BCUT2D eigenvalue weighted by Crippen LogP contribution is 2.32. The maximum atomic E-state index is 13.0. The lowest BCUT2D eigenvalue weighted by Gasteiger charge is -2.28. The van der Waals surface area contributed by atoms with Gasteiger partial charge in [0, 0.05) is 19.2 Å². The first kappa shape index (κ1) is 16.0. The van der Waals surface area contributed by atoms with Gasteiger partial charge in [-0.2, -0.15) is 18.3 Å². The van der Waals surface area contributed by atoms with E-state index in [4.69, 9.17) is 5.11 Å². The summed E-state index contributed by atoms with van der Waals surface area (Å²) in [6.45, 7) is 0.170. The number of carbonyl (C=O) groups is 2. The molecule has 0 aliphatic carbocycles. The molecule has 0 saturated heterocycles. The quantitative estimate of drug-likeness (QED) is 0.931. The van der Waals surface area contributed by atoms with E-state index in [9.17, 15) is 22.8 Å². The minimum absolute atomic E-state index is 0.00947. The van der Waals surface area contributed by atoms with Crippen LogP contribution in [0.5, 0.6) is 0 Å². The van der Waals surface area contributed by atoms with Crippen LogP contribution in [0.4, 0.5) is 13.2 Å². The Kier molecular flexibility index (Phi) is 3.78. The van der Waals surface area contributed by atoms with Crippen molar-refractivity contribution in [1.29, 1.82) is 0 Å². The number of fused-ring (bicyclic) bond motifs is 1. The molecule has 0 atom stereocenters. The minimum Gasteiger partial charge on any atom is -0.476 e. The van der Waals surface area contributed by atoms with Gasteiger partial charge >= 0.3 is 12.1 Å². The second-order valence-corrected chi connectivity index (χ2v) is 5.32. The Labute approximate surface area is 134 Å². The Morgan fingerprint density at radius 1 is 1.25 bits per heavy atom. The second-order valence-electron chi connectivity index (χ2n) is 5.32. The van der Waals surface area contributed by atoms with Crippen LogP contribution in [0.15, 0.2) is 30.3 Å². The Morgan fingerprint density at radius 3 is 2.62 bits per heavy atom. The maximum Gasteiger partial charge on any atom is 0.416 e. The number of nitrogens with zero attached hydrogens (tertiary/aromatic N) is 3. The first-order valence-electron chi connectivity index (χ1n) is 7.03. The van der Waals surface area contributed by atoms with E-state index in [0.717, 1.165) is 12.1 Å². The molecule has 0 fully saturated rings. The molecule has 0 unspecified atom stereocenters. The molecule has 2 aromatic rings. The van der Waals surface area contributed by atoms with Gasteiger partial charge in [-0.05, 0) is 11.6 Å². The molecule has 6 nitrogen and oxygen atoms in total. The lowest BCUT2D eigenvalue weighted by atomic mass is 10.1. The van der Waals surface area contributed by atoms with E-state index in [1.165, 1.54) is 27.8 Å². The highest BCUT2D eigenvalue weighted by atomic mass is 19.4. The van der Waals surface area contributed by atoms with Gasteiger partial charge in [-0.25, -0.2) is 4.79 Å². The number of amides is 1. The number of halogens is 3. The van der Waals surface area contributed by atoms with Crippen LogP contribution >= 0.6 is 0 Å². The van der Waals surface area contributed by atoms with E-state index in [0.29, 0.717) is 0 Å². The van der Waals surface area contributed by atoms with E-state index < -0.39 is 23.6 Å². The third-order valence-corrected chi connectivity index (χ3v) is 3.77. The van der Waals surface area contributed by atoms with Crippen LogP contribution in [-0.4, -0.2) is 38.2 Å². The molecule has 0 spiro atoms. The lowest BCUT2D eigenvalue weighted by Crippen LogP contribution is -2.40. The molecule has 1 aliphatic rings. The minimum atomic E-state index is -4.51. The summed E-state index contributed by atoms with van der Waals surface area (Å²) in [5.74, 6) is -1.81. The van der Waals surface area contributed by atoms with Gasteiger partial charge in [0.25, 0.3) is 5.91 Å². The van der Waals surface area contributed by atoms with Crippen LogP contribution in [0.1, 0.15) is 32.1 Å². The van der Waals surface area contributed by atoms with Gasteiger partial charge in [-0.3, -0.25) is 9.48 Å². The van der Waals surface area contributed by atoms with Crippen molar-refractivity contribution >= 4 is 11.9 Å². The SMILES string of the molecule is O=C(O)c1cc2n(n1)CCN(Cc1ccccc1C(F)(F)F)C2=O. The molecule has 126 valence electrons. The molecule has 1 aromatic carbocycles. The van der Waals surface area contributed by atoms with E-state index in [2.05, 4.69) is 5.10 Å². The molecule has 1 N–H and O–H groups in total. The Bertz CT molecular complexity index is 814. The predicted octanol–water partition coefficient (Wildman–Crippen LogP) is 2.26. The normalized spacial score (nSPS) is 14.6. The largest absolute Gasteiger partial charge is 0.476 e. The van der Waals surface area contributed by atoms with Gasteiger partial charge < -0.3 is 10.0 Å². The third kappa shape index (κ3) is 2.84. The number of carbonyl (C=O) groups excluding carboxylic acids is 1. The summed E-state index contributed by atoms with van der Waals surface area (Å²) in [6, 6.07) is 6.19. The maximum absolute atomic E-state index is 13.0. The smallest absolute Gasteiger partial charge is 0.416 e. The highest BCUT2D eigenvalue weighted by molar-refractivity contribution is 5.96. The summed E-state index contributed by atoms with van der Waals surface area (Å²) in [5.41, 5.74) is -1.01. The summed E-state index contributed by atoms with van der Waals surface area (Å²) < 4.78 is 40.4. The molecule has 24 heavy (non-hydrogen) atoms. The standard InChI is InChI=1S/C15H12F3N3O3/c16-15(17,18)10-4-2-1-3-9(10)8-20-5-6-21-12(13(20)22)7-11(19-21)14(23)24/h1-4,7H,5-6,8H2,(H,23,24). The molecule has 0 radical (unpaired) electrons. The molecule has 3 rings (SSSR count). The molecular weight excluding hydrogens is 327 g/mol. The van der Waals surface area contributed by atoms with Crippen LogP contribution in [0.3, 0.4) is 0 Å². The summed E-state index contributed by atoms with van der Waals surface area (Å²) in [4.78, 5) is 24.6. The highest BCUT2D eigenvalue weighted by Gasteiger charge is 2.34. The predicted molar refractivity (Wildman–Crippen MR) is 75.4 cm³/mol. The number of hydrogen-bond acceptors (Lipinski definition) is 3. The molecule has 1 amide bonds. The lowest BCUT2D eigenvalue weighted by molar-refractivity contribution is -0.138. The number of aromatic nitrogens is 2. The third-order valence-electron chi connectivity index (χ3n) is 3.77. The molecule has 0 saturated carbocycles. The summed E-state index contributed by atoms with van der Waals surface area (Å²) >= 11 is 0. The zero-order valence-corrected chi connectivity index (χ0v) is 12.2. The fourth-order valence-corrected chi connectivity index (χ4v) is 2.63. The van der Waals surface area contributed by atoms with Crippen molar-refractivity contribution in [3.8, 4) is 0 Å². The fourth-order valence-electron chi connectivity index (χ4n) is 2.63. The first-order valence-corrected chi connectivity index (χ1v) is 7.03. The first-order chi connectivity index (χ1) is 11.3. The monoisotopic (exact) mass is 339 g/mol. The van der Waals surface area contributed by atoms with E-state index >= 15 is 0 Å². The van der Waals surface area contributed by atoms with Crippen LogP contribution in [0.25, 0.3) is 0 Å². The molecule has 2 heterocycles. The van der Waals surface area contributed by atoms with Crippen molar-refractivity contribution in [3.63, 3.8) is 0 Å².